The number of nitrogens with zero attached hydrogens (tertiary/aromatic N) is 1. The van der Waals surface area contributed by atoms with Crippen LogP contribution in [0.1, 0.15) is 22.7 Å². The van der Waals surface area contributed by atoms with Crippen LogP contribution in [0.4, 0.5) is 0 Å². The summed E-state index contributed by atoms with van der Waals surface area (Å²) in [6.45, 7) is 2.57. The van der Waals surface area contributed by atoms with Gasteiger partial charge in [-0.1, -0.05) is 30.3 Å². The van der Waals surface area contributed by atoms with Crippen LogP contribution in [0.3, 0.4) is 0 Å². The van der Waals surface area contributed by atoms with Crippen LogP contribution in [0, 0.1) is 6.92 Å². The highest BCUT2D eigenvalue weighted by Gasteiger charge is 2.23. The molecule has 2 aromatic rings. The number of carbonyl (C=O) groups is 1. The molecule has 1 unspecified atom stereocenters. The number of likely N-dealkylation sites (N-methyl/N-ethyl adjacent to an activating group) is 1. The number of nitrogens with two attached hydrogens (primary N) is 1. The Hall–Kier alpha value is -2.53. The number of methoxy groups -OCH3 is 2. The second-order valence-electron chi connectivity index (χ2n) is 5.76. The highest BCUT2D eigenvalue weighted by molar-refractivity contribution is 5.81. The first-order valence-corrected chi connectivity index (χ1v) is 7.74. The maximum absolute atomic E-state index is 12.0. The number of rotatable bonds is 7. The van der Waals surface area contributed by atoms with E-state index in [4.69, 9.17) is 15.2 Å². The highest BCUT2D eigenvalue weighted by atomic mass is 16.5. The molecule has 5 heteroatoms. The van der Waals surface area contributed by atoms with E-state index in [0.717, 1.165) is 16.7 Å². The Kier molecular flexibility index (Phi) is 5.82. The molecule has 0 bridgehead atoms. The molecular weight excluding hydrogens is 304 g/mol. The van der Waals surface area contributed by atoms with Crippen molar-refractivity contribution in [3.05, 3.63) is 59.2 Å². The number of hydrogen-bond donors (Lipinski definition) is 1. The number of primary amides is 1. The number of hydrogen-bond acceptors (Lipinski definition) is 4. The average molecular weight is 328 g/mol. The van der Waals surface area contributed by atoms with Crippen molar-refractivity contribution >= 4 is 5.91 Å². The summed E-state index contributed by atoms with van der Waals surface area (Å²) in [5, 5.41) is 0. The molecule has 0 aliphatic rings. The number of carbonyl (C=O) groups excluding carboxylic acids is 1. The lowest BCUT2D eigenvalue weighted by atomic mass is 10.0. The van der Waals surface area contributed by atoms with Crippen molar-refractivity contribution in [3.8, 4) is 11.5 Å². The molecule has 1 amide bonds. The third-order valence-electron chi connectivity index (χ3n) is 4.09. The molecule has 24 heavy (non-hydrogen) atoms. The monoisotopic (exact) mass is 328 g/mol. The van der Waals surface area contributed by atoms with E-state index in [9.17, 15) is 4.79 Å². The van der Waals surface area contributed by atoms with Gasteiger partial charge in [0.2, 0.25) is 5.91 Å². The van der Waals surface area contributed by atoms with Crippen LogP contribution in [0.15, 0.2) is 42.5 Å². The smallest absolute Gasteiger partial charge is 0.239 e. The fourth-order valence-electron chi connectivity index (χ4n) is 2.82. The third kappa shape index (κ3) is 3.86. The second kappa shape index (κ2) is 7.84. The molecule has 0 fully saturated rings. The lowest BCUT2D eigenvalue weighted by Crippen LogP contribution is -2.35. The Morgan fingerprint density at radius 1 is 1.12 bits per heavy atom. The van der Waals surface area contributed by atoms with E-state index >= 15 is 0 Å². The zero-order chi connectivity index (χ0) is 17.7. The predicted molar refractivity (Wildman–Crippen MR) is 94.1 cm³/mol. The summed E-state index contributed by atoms with van der Waals surface area (Å²) in [4.78, 5) is 13.9. The molecule has 0 saturated heterocycles. The third-order valence-corrected chi connectivity index (χ3v) is 4.09. The second-order valence-corrected chi connectivity index (χ2v) is 5.76. The average Bonchev–Trinajstić information content (AvgIpc) is 2.57. The van der Waals surface area contributed by atoms with Gasteiger partial charge in [0.1, 0.15) is 6.04 Å². The van der Waals surface area contributed by atoms with Crippen LogP contribution in [0.25, 0.3) is 0 Å². The molecule has 2 N–H and O–H groups in total. The van der Waals surface area contributed by atoms with Gasteiger partial charge in [-0.2, -0.15) is 0 Å². The maximum atomic E-state index is 12.0. The highest BCUT2D eigenvalue weighted by Crippen LogP contribution is 2.31. The predicted octanol–water partition coefficient (Wildman–Crippen LogP) is 2.67. The Morgan fingerprint density at radius 2 is 1.71 bits per heavy atom. The first-order chi connectivity index (χ1) is 11.5. The van der Waals surface area contributed by atoms with Crippen molar-refractivity contribution in [2.75, 3.05) is 21.3 Å². The van der Waals surface area contributed by atoms with E-state index in [1.807, 2.05) is 61.3 Å². The molecule has 2 aromatic carbocycles. The Morgan fingerprint density at radius 3 is 2.25 bits per heavy atom. The fourth-order valence-corrected chi connectivity index (χ4v) is 2.82. The van der Waals surface area contributed by atoms with Crippen LogP contribution in [0.5, 0.6) is 11.5 Å². The van der Waals surface area contributed by atoms with Gasteiger partial charge < -0.3 is 15.2 Å². The van der Waals surface area contributed by atoms with Gasteiger partial charge in [-0.25, -0.2) is 0 Å². The van der Waals surface area contributed by atoms with E-state index in [0.29, 0.717) is 18.0 Å². The van der Waals surface area contributed by atoms with Crippen molar-refractivity contribution in [1.29, 1.82) is 0 Å². The van der Waals surface area contributed by atoms with Crippen molar-refractivity contribution in [1.82, 2.24) is 4.90 Å². The summed E-state index contributed by atoms with van der Waals surface area (Å²) in [7, 11) is 5.11. The summed E-state index contributed by atoms with van der Waals surface area (Å²) in [6, 6.07) is 12.9. The number of amides is 1. The van der Waals surface area contributed by atoms with E-state index in [1.165, 1.54) is 0 Å². The SMILES string of the molecule is COc1cc(C)c(CN(C)C(C(N)=O)c2ccccc2)cc1OC. The molecule has 2 rings (SSSR count). The Labute approximate surface area is 143 Å². The van der Waals surface area contributed by atoms with Crippen LogP contribution in [-0.2, 0) is 11.3 Å². The van der Waals surface area contributed by atoms with Crippen LogP contribution >= 0.6 is 0 Å². The van der Waals surface area contributed by atoms with Gasteiger partial charge in [-0.3, -0.25) is 9.69 Å². The van der Waals surface area contributed by atoms with E-state index in [1.54, 1.807) is 14.2 Å². The van der Waals surface area contributed by atoms with Gasteiger partial charge in [0.15, 0.2) is 11.5 Å². The number of aryl methyl sites for hydroxylation is 1. The van der Waals surface area contributed by atoms with E-state index in [-0.39, 0.29) is 5.91 Å². The number of benzene rings is 2. The van der Waals surface area contributed by atoms with Crippen LogP contribution < -0.4 is 15.2 Å². The van der Waals surface area contributed by atoms with Gasteiger partial charge in [-0.15, -0.1) is 0 Å². The quantitative estimate of drug-likeness (QED) is 0.849. The number of ether oxygens (including phenoxy) is 2. The zero-order valence-electron chi connectivity index (χ0n) is 14.6. The molecule has 0 heterocycles. The molecule has 5 nitrogen and oxygen atoms in total. The lowest BCUT2D eigenvalue weighted by molar-refractivity contribution is -0.123. The molecule has 0 radical (unpaired) electrons. The minimum Gasteiger partial charge on any atom is -0.493 e. The largest absolute Gasteiger partial charge is 0.493 e. The van der Waals surface area contributed by atoms with Crippen LogP contribution in [0.2, 0.25) is 0 Å². The van der Waals surface area contributed by atoms with Crippen molar-refractivity contribution < 1.29 is 14.3 Å². The molecule has 0 aromatic heterocycles. The van der Waals surface area contributed by atoms with Crippen molar-refractivity contribution in [3.63, 3.8) is 0 Å². The topological polar surface area (TPSA) is 64.8 Å². The van der Waals surface area contributed by atoms with Crippen LogP contribution in [-0.4, -0.2) is 32.1 Å². The first-order valence-electron chi connectivity index (χ1n) is 7.74. The minimum absolute atomic E-state index is 0.373. The molecule has 1 atom stereocenters. The van der Waals surface area contributed by atoms with Gasteiger partial charge in [0.25, 0.3) is 0 Å². The summed E-state index contributed by atoms with van der Waals surface area (Å²) in [6.07, 6.45) is 0. The standard InChI is InChI=1S/C19H24N2O3/c1-13-10-16(23-3)17(24-4)11-15(13)12-21(2)18(19(20)22)14-8-6-5-7-9-14/h5-11,18H,12H2,1-4H3,(H2,20,22). The summed E-state index contributed by atoms with van der Waals surface area (Å²) < 4.78 is 10.7. The van der Waals surface area contributed by atoms with Gasteiger partial charge in [0.05, 0.1) is 14.2 Å². The zero-order valence-corrected chi connectivity index (χ0v) is 14.6. The van der Waals surface area contributed by atoms with Gasteiger partial charge in [-0.05, 0) is 42.8 Å². The van der Waals surface area contributed by atoms with Gasteiger partial charge >= 0.3 is 0 Å². The molecule has 128 valence electrons. The summed E-state index contributed by atoms with van der Waals surface area (Å²) >= 11 is 0. The lowest BCUT2D eigenvalue weighted by Gasteiger charge is -2.27. The molecular formula is C19H24N2O3. The minimum atomic E-state index is -0.487. The van der Waals surface area contributed by atoms with E-state index < -0.39 is 6.04 Å². The van der Waals surface area contributed by atoms with Crippen molar-refractivity contribution in [2.45, 2.75) is 19.5 Å². The fraction of sp³-hybridized carbons (Fsp3) is 0.316. The maximum Gasteiger partial charge on any atom is 0.239 e. The van der Waals surface area contributed by atoms with E-state index in [2.05, 4.69) is 0 Å². The first kappa shape index (κ1) is 17.8. The normalized spacial score (nSPS) is 12.0. The molecule has 0 spiro atoms. The molecule has 0 saturated carbocycles. The Balaban J connectivity index is 2.30. The summed E-state index contributed by atoms with van der Waals surface area (Å²) in [5.41, 5.74) is 8.64. The summed E-state index contributed by atoms with van der Waals surface area (Å²) in [5.74, 6) is 0.986. The molecule has 0 aliphatic heterocycles. The Bertz CT molecular complexity index is 701. The molecule has 0 aliphatic carbocycles. The van der Waals surface area contributed by atoms with Gasteiger partial charge in [0, 0.05) is 6.54 Å². The van der Waals surface area contributed by atoms with Crippen molar-refractivity contribution in [2.24, 2.45) is 5.73 Å².